The van der Waals surface area contributed by atoms with E-state index in [9.17, 15) is 4.79 Å². The molecule has 116 valence electrons. The van der Waals surface area contributed by atoms with E-state index < -0.39 is 0 Å². The van der Waals surface area contributed by atoms with Crippen molar-refractivity contribution >= 4 is 6.03 Å². The Bertz CT molecular complexity index is 480. The van der Waals surface area contributed by atoms with Crippen LogP contribution in [0, 0.1) is 0 Å². The zero-order valence-electron chi connectivity index (χ0n) is 13.5. The average molecular weight is 288 g/mol. The first-order chi connectivity index (χ1) is 10.1. The highest BCUT2D eigenvalue weighted by Crippen LogP contribution is 2.24. The number of hydrogen-bond acceptors (Lipinski definition) is 1. The summed E-state index contributed by atoms with van der Waals surface area (Å²) in [5.74, 6) is 0. The van der Waals surface area contributed by atoms with Crippen LogP contribution in [0.3, 0.4) is 0 Å². The maximum Gasteiger partial charge on any atom is 0.315 e. The molecule has 0 aromatic heterocycles. The first-order valence-electron chi connectivity index (χ1n) is 8.32. The van der Waals surface area contributed by atoms with Gasteiger partial charge in [-0.05, 0) is 62.1 Å². The quantitative estimate of drug-likeness (QED) is 0.841. The van der Waals surface area contributed by atoms with Crippen molar-refractivity contribution in [3.05, 3.63) is 34.9 Å². The number of carbonyl (C=O) groups excluding carboxylic acids is 1. The number of carbonyl (C=O) groups is 1. The molecular formula is C18H28N2O. The molecule has 1 aromatic carbocycles. The van der Waals surface area contributed by atoms with E-state index in [0.29, 0.717) is 0 Å². The Balaban J connectivity index is 1.96. The standard InChI is InChI=1S/C18H28N2O/c1-4-17(5-2)20-18(21)19-13(3)15-11-10-14-8-6-7-9-16(14)12-15/h10-13,17H,4-9H2,1-3H3,(H2,19,20,21). The summed E-state index contributed by atoms with van der Waals surface area (Å²) >= 11 is 0. The van der Waals surface area contributed by atoms with E-state index in [-0.39, 0.29) is 18.1 Å². The van der Waals surface area contributed by atoms with E-state index in [4.69, 9.17) is 0 Å². The molecule has 1 aliphatic carbocycles. The van der Waals surface area contributed by atoms with Crippen molar-refractivity contribution in [3.63, 3.8) is 0 Å². The lowest BCUT2D eigenvalue weighted by molar-refractivity contribution is 0.233. The van der Waals surface area contributed by atoms with Gasteiger partial charge in [0.15, 0.2) is 0 Å². The minimum Gasteiger partial charge on any atom is -0.335 e. The minimum atomic E-state index is -0.0612. The number of rotatable bonds is 5. The molecule has 0 aliphatic heterocycles. The van der Waals surface area contributed by atoms with Crippen LogP contribution in [0.15, 0.2) is 18.2 Å². The van der Waals surface area contributed by atoms with Gasteiger partial charge in [0.2, 0.25) is 0 Å². The number of amides is 2. The Morgan fingerprint density at radius 1 is 1.10 bits per heavy atom. The van der Waals surface area contributed by atoms with Gasteiger partial charge in [0.25, 0.3) is 0 Å². The van der Waals surface area contributed by atoms with E-state index in [2.05, 4.69) is 49.6 Å². The van der Waals surface area contributed by atoms with Crippen molar-refractivity contribution in [2.24, 2.45) is 0 Å². The van der Waals surface area contributed by atoms with Crippen molar-refractivity contribution in [1.82, 2.24) is 10.6 Å². The number of hydrogen-bond donors (Lipinski definition) is 2. The second-order valence-electron chi connectivity index (χ2n) is 6.09. The molecule has 0 spiro atoms. The molecule has 1 unspecified atom stereocenters. The van der Waals surface area contributed by atoms with Gasteiger partial charge in [-0.15, -0.1) is 0 Å². The molecule has 0 fully saturated rings. The minimum absolute atomic E-state index is 0.0478. The van der Waals surface area contributed by atoms with Gasteiger partial charge in [0, 0.05) is 6.04 Å². The van der Waals surface area contributed by atoms with Gasteiger partial charge in [-0.3, -0.25) is 0 Å². The number of nitrogens with one attached hydrogen (secondary N) is 2. The SMILES string of the molecule is CCC(CC)NC(=O)NC(C)c1ccc2c(c1)CCCC2. The van der Waals surface area contributed by atoms with E-state index in [1.54, 1.807) is 0 Å². The largest absolute Gasteiger partial charge is 0.335 e. The Labute approximate surface area is 128 Å². The third-order valence-electron chi connectivity index (χ3n) is 4.54. The molecule has 3 nitrogen and oxygen atoms in total. The first kappa shape index (κ1) is 15.9. The maximum atomic E-state index is 12.0. The number of benzene rings is 1. The van der Waals surface area contributed by atoms with E-state index in [1.807, 2.05) is 0 Å². The van der Waals surface area contributed by atoms with Crippen LogP contribution in [-0.2, 0) is 12.8 Å². The monoisotopic (exact) mass is 288 g/mol. The van der Waals surface area contributed by atoms with Crippen molar-refractivity contribution in [3.8, 4) is 0 Å². The predicted molar refractivity (Wildman–Crippen MR) is 87.5 cm³/mol. The molecule has 0 bridgehead atoms. The molecule has 21 heavy (non-hydrogen) atoms. The van der Waals surface area contributed by atoms with Crippen LogP contribution < -0.4 is 10.6 Å². The van der Waals surface area contributed by atoms with Gasteiger partial charge < -0.3 is 10.6 Å². The fourth-order valence-corrected chi connectivity index (χ4v) is 3.02. The third-order valence-corrected chi connectivity index (χ3v) is 4.54. The lowest BCUT2D eigenvalue weighted by Gasteiger charge is -2.21. The highest BCUT2D eigenvalue weighted by molar-refractivity contribution is 5.74. The molecule has 0 radical (unpaired) electrons. The molecule has 0 saturated heterocycles. The van der Waals surface area contributed by atoms with Crippen LogP contribution in [0.25, 0.3) is 0 Å². The van der Waals surface area contributed by atoms with Gasteiger partial charge >= 0.3 is 6.03 Å². The van der Waals surface area contributed by atoms with Crippen LogP contribution in [0.2, 0.25) is 0 Å². The molecule has 0 heterocycles. The molecule has 1 aliphatic rings. The van der Waals surface area contributed by atoms with Crippen LogP contribution in [-0.4, -0.2) is 12.1 Å². The number of aryl methyl sites for hydroxylation is 2. The third kappa shape index (κ3) is 4.23. The van der Waals surface area contributed by atoms with E-state index >= 15 is 0 Å². The predicted octanol–water partition coefficient (Wildman–Crippen LogP) is 4.11. The average Bonchev–Trinajstić information content (AvgIpc) is 2.52. The summed E-state index contributed by atoms with van der Waals surface area (Å²) in [4.78, 5) is 12.0. The number of urea groups is 1. The van der Waals surface area contributed by atoms with Crippen molar-refractivity contribution in [1.29, 1.82) is 0 Å². The van der Waals surface area contributed by atoms with Crippen LogP contribution >= 0.6 is 0 Å². The highest BCUT2D eigenvalue weighted by atomic mass is 16.2. The molecule has 2 amide bonds. The van der Waals surface area contributed by atoms with E-state index in [0.717, 1.165) is 12.8 Å². The van der Waals surface area contributed by atoms with Crippen LogP contribution in [0.4, 0.5) is 4.79 Å². The fourth-order valence-electron chi connectivity index (χ4n) is 3.02. The lowest BCUT2D eigenvalue weighted by atomic mass is 9.89. The van der Waals surface area contributed by atoms with Gasteiger partial charge in [-0.25, -0.2) is 4.79 Å². The van der Waals surface area contributed by atoms with E-state index in [1.165, 1.54) is 42.4 Å². The number of fused-ring (bicyclic) bond motifs is 1. The Morgan fingerprint density at radius 3 is 2.43 bits per heavy atom. The summed E-state index contributed by atoms with van der Waals surface area (Å²) in [6.45, 7) is 6.25. The zero-order valence-corrected chi connectivity index (χ0v) is 13.5. The smallest absolute Gasteiger partial charge is 0.315 e. The summed E-state index contributed by atoms with van der Waals surface area (Å²) in [5.41, 5.74) is 4.15. The second-order valence-corrected chi connectivity index (χ2v) is 6.09. The van der Waals surface area contributed by atoms with Gasteiger partial charge in [-0.2, -0.15) is 0 Å². The van der Waals surface area contributed by atoms with Crippen molar-refractivity contribution in [2.75, 3.05) is 0 Å². The summed E-state index contributed by atoms with van der Waals surface area (Å²) in [6.07, 6.45) is 6.90. The van der Waals surface area contributed by atoms with Gasteiger partial charge in [0.1, 0.15) is 0 Å². The van der Waals surface area contributed by atoms with Crippen molar-refractivity contribution < 1.29 is 4.79 Å². The molecular weight excluding hydrogens is 260 g/mol. The van der Waals surface area contributed by atoms with Crippen LogP contribution in [0.1, 0.15) is 69.2 Å². The summed E-state index contributed by atoms with van der Waals surface area (Å²) in [7, 11) is 0. The molecule has 1 atom stereocenters. The topological polar surface area (TPSA) is 41.1 Å². The zero-order chi connectivity index (χ0) is 15.2. The summed E-state index contributed by atoms with van der Waals surface area (Å²) < 4.78 is 0. The fraction of sp³-hybridized carbons (Fsp3) is 0.611. The molecule has 1 aromatic rings. The summed E-state index contributed by atoms with van der Waals surface area (Å²) in [6, 6.07) is 6.92. The Kier molecular flexibility index (Phi) is 5.66. The molecule has 2 N–H and O–H groups in total. The molecule has 2 rings (SSSR count). The lowest BCUT2D eigenvalue weighted by Crippen LogP contribution is -2.42. The van der Waals surface area contributed by atoms with Gasteiger partial charge in [0.05, 0.1) is 6.04 Å². The Hall–Kier alpha value is -1.51. The van der Waals surface area contributed by atoms with Gasteiger partial charge in [-0.1, -0.05) is 32.0 Å². The van der Waals surface area contributed by atoms with Crippen LogP contribution in [0.5, 0.6) is 0 Å². The first-order valence-corrected chi connectivity index (χ1v) is 8.32. The summed E-state index contributed by atoms with van der Waals surface area (Å²) in [5, 5.41) is 6.08. The molecule has 3 heteroatoms. The second kappa shape index (κ2) is 7.48. The molecule has 0 saturated carbocycles. The highest BCUT2D eigenvalue weighted by Gasteiger charge is 2.15. The maximum absolute atomic E-state index is 12.0. The Morgan fingerprint density at radius 2 is 1.76 bits per heavy atom. The van der Waals surface area contributed by atoms with Crippen molar-refractivity contribution in [2.45, 2.75) is 71.4 Å². The normalized spacial score (nSPS) is 15.4.